The van der Waals surface area contributed by atoms with Gasteiger partial charge >= 0.3 is 0 Å². The van der Waals surface area contributed by atoms with Crippen LogP contribution in [0.1, 0.15) is 28.8 Å². The number of hydrogen-bond donors (Lipinski definition) is 0. The van der Waals surface area contributed by atoms with Gasteiger partial charge in [-0.15, -0.1) is 5.10 Å². The zero-order chi connectivity index (χ0) is 16.4. The van der Waals surface area contributed by atoms with Gasteiger partial charge in [0.2, 0.25) is 0 Å². The van der Waals surface area contributed by atoms with Crippen molar-refractivity contribution < 1.29 is 4.79 Å². The lowest BCUT2D eigenvalue weighted by molar-refractivity contribution is 0.0730. The molecule has 1 aliphatic carbocycles. The number of hydrogen-bond acceptors (Lipinski definition) is 4. The first-order valence-corrected chi connectivity index (χ1v) is 7.99. The topological polar surface area (TPSA) is 63.9 Å². The number of amides is 1. The van der Waals surface area contributed by atoms with E-state index in [0.717, 1.165) is 24.1 Å². The van der Waals surface area contributed by atoms with Crippen molar-refractivity contribution >= 4 is 5.91 Å². The average molecular weight is 319 g/mol. The summed E-state index contributed by atoms with van der Waals surface area (Å²) in [4.78, 5) is 15.0. The van der Waals surface area contributed by atoms with E-state index in [4.69, 9.17) is 0 Å². The van der Waals surface area contributed by atoms with Crippen molar-refractivity contribution in [2.45, 2.75) is 25.4 Å². The molecule has 2 aromatic carbocycles. The third-order valence-electron chi connectivity index (χ3n) is 4.15. The molecule has 0 unspecified atom stereocenters. The zero-order valence-corrected chi connectivity index (χ0v) is 13.1. The van der Waals surface area contributed by atoms with Crippen LogP contribution in [0.3, 0.4) is 0 Å². The van der Waals surface area contributed by atoms with Gasteiger partial charge in [-0.2, -0.15) is 0 Å². The lowest BCUT2D eigenvalue weighted by Crippen LogP contribution is -2.32. The van der Waals surface area contributed by atoms with Gasteiger partial charge in [-0.05, 0) is 47.0 Å². The minimum Gasteiger partial charge on any atom is -0.331 e. The molecule has 1 aliphatic rings. The molecule has 0 radical (unpaired) electrons. The third kappa shape index (κ3) is 3.03. The van der Waals surface area contributed by atoms with Crippen LogP contribution in [0.5, 0.6) is 0 Å². The van der Waals surface area contributed by atoms with Crippen LogP contribution >= 0.6 is 0 Å². The molecule has 1 saturated carbocycles. The lowest BCUT2D eigenvalue weighted by atomic mass is 10.1. The van der Waals surface area contributed by atoms with Crippen LogP contribution in [0.2, 0.25) is 0 Å². The zero-order valence-electron chi connectivity index (χ0n) is 13.1. The highest BCUT2D eigenvalue weighted by Gasteiger charge is 2.33. The van der Waals surface area contributed by atoms with E-state index in [0.29, 0.717) is 18.2 Å². The summed E-state index contributed by atoms with van der Waals surface area (Å²) in [6.45, 7) is 0.638. The second-order valence-electron chi connectivity index (χ2n) is 5.95. The van der Waals surface area contributed by atoms with Gasteiger partial charge in [0.15, 0.2) is 0 Å². The van der Waals surface area contributed by atoms with Crippen LogP contribution in [0.15, 0.2) is 60.9 Å². The molecule has 0 spiro atoms. The summed E-state index contributed by atoms with van der Waals surface area (Å²) in [6.07, 6.45) is 3.67. The maximum Gasteiger partial charge on any atom is 0.254 e. The molecule has 0 atom stereocenters. The van der Waals surface area contributed by atoms with Gasteiger partial charge in [0.05, 0.1) is 5.69 Å². The molecule has 0 saturated heterocycles. The summed E-state index contributed by atoms with van der Waals surface area (Å²) in [5.74, 6) is 0.0521. The second-order valence-corrected chi connectivity index (χ2v) is 5.95. The SMILES string of the molecule is O=C(c1cccc(-n2cnnn2)c1)N(Cc1ccccc1)C1CC1. The molecule has 0 N–H and O–H groups in total. The van der Waals surface area contributed by atoms with Gasteiger partial charge in [-0.25, -0.2) is 4.68 Å². The number of aromatic nitrogens is 4. The van der Waals surface area contributed by atoms with E-state index >= 15 is 0 Å². The molecule has 0 bridgehead atoms. The van der Waals surface area contributed by atoms with Crippen LogP contribution in [0.25, 0.3) is 5.69 Å². The average Bonchev–Trinajstić information content (AvgIpc) is 3.33. The number of carbonyl (C=O) groups excluding carboxylic acids is 1. The quantitative estimate of drug-likeness (QED) is 0.725. The van der Waals surface area contributed by atoms with E-state index < -0.39 is 0 Å². The van der Waals surface area contributed by atoms with Crippen molar-refractivity contribution in [2.24, 2.45) is 0 Å². The number of rotatable bonds is 5. The molecule has 6 nitrogen and oxygen atoms in total. The van der Waals surface area contributed by atoms with Crippen LogP contribution in [-0.4, -0.2) is 37.1 Å². The van der Waals surface area contributed by atoms with Crippen molar-refractivity contribution in [1.29, 1.82) is 0 Å². The Bertz CT molecular complexity index is 828. The predicted octanol–water partition coefficient (Wildman–Crippen LogP) is 2.47. The van der Waals surface area contributed by atoms with Gasteiger partial charge in [0.1, 0.15) is 6.33 Å². The van der Waals surface area contributed by atoms with Crippen molar-refractivity contribution in [3.8, 4) is 5.69 Å². The Hall–Kier alpha value is -3.02. The largest absolute Gasteiger partial charge is 0.331 e. The number of nitrogens with zero attached hydrogens (tertiary/aromatic N) is 5. The number of carbonyl (C=O) groups is 1. The normalized spacial score (nSPS) is 13.7. The van der Waals surface area contributed by atoms with Crippen LogP contribution in [-0.2, 0) is 6.54 Å². The highest BCUT2D eigenvalue weighted by atomic mass is 16.2. The van der Waals surface area contributed by atoms with Gasteiger partial charge in [-0.1, -0.05) is 36.4 Å². The molecular formula is C18H17N5O. The maximum absolute atomic E-state index is 13.0. The molecule has 1 heterocycles. The Morgan fingerprint density at radius 1 is 1.12 bits per heavy atom. The van der Waals surface area contributed by atoms with Gasteiger partial charge in [0.25, 0.3) is 5.91 Å². The molecule has 120 valence electrons. The molecule has 4 rings (SSSR count). The molecule has 6 heteroatoms. The number of tetrazole rings is 1. The third-order valence-corrected chi connectivity index (χ3v) is 4.15. The Balaban J connectivity index is 1.60. The van der Waals surface area contributed by atoms with E-state index in [-0.39, 0.29) is 5.91 Å². The minimum atomic E-state index is 0.0521. The van der Waals surface area contributed by atoms with Crippen molar-refractivity contribution in [2.75, 3.05) is 0 Å². The smallest absolute Gasteiger partial charge is 0.254 e. The molecule has 0 aliphatic heterocycles. The van der Waals surface area contributed by atoms with E-state index in [2.05, 4.69) is 27.7 Å². The van der Waals surface area contributed by atoms with Crippen molar-refractivity contribution in [3.63, 3.8) is 0 Å². The van der Waals surface area contributed by atoms with Crippen molar-refractivity contribution in [3.05, 3.63) is 72.1 Å². The van der Waals surface area contributed by atoms with Crippen LogP contribution in [0, 0.1) is 0 Å². The molecule has 1 fully saturated rings. The van der Waals surface area contributed by atoms with E-state index in [9.17, 15) is 4.79 Å². The summed E-state index contributed by atoms with van der Waals surface area (Å²) >= 11 is 0. The molecule has 1 amide bonds. The first-order valence-electron chi connectivity index (χ1n) is 7.99. The summed E-state index contributed by atoms with van der Waals surface area (Å²) in [7, 11) is 0. The van der Waals surface area contributed by atoms with Gasteiger partial charge in [-0.3, -0.25) is 4.79 Å². The maximum atomic E-state index is 13.0. The van der Waals surface area contributed by atoms with Crippen LogP contribution in [0.4, 0.5) is 0 Å². The van der Waals surface area contributed by atoms with E-state index in [1.165, 1.54) is 6.33 Å². The summed E-state index contributed by atoms with van der Waals surface area (Å²) in [6, 6.07) is 17.9. The molecule has 3 aromatic rings. The highest BCUT2D eigenvalue weighted by Crippen LogP contribution is 2.30. The first kappa shape index (κ1) is 14.6. The van der Waals surface area contributed by atoms with Gasteiger partial charge < -0.3 is 4.90 Å². The monoisotopic (exact) mass is 319 g/mol. The van der Waals surface area contributed by atoms with E-state index in [1.807, 2.05) is 47.4 Å². The fraction of sp³-hybridized carbons (Fsp3) is 0.222. The Labute approximate surface area is 139 Å². The lowest BCUT2D eigenvalue weighted by Gasteiger charge is -2.23. The first-order chi connectivity index (χ1) is 11.8. The van der Waals surface area contributed by atoms with Crippen molar-refractivity contribution in [1.82, 2.24) is 25.1 Å². The van der Waals surface area contributed by atoms with E-state index in [1.54, 1.807) is 4.68 Å². The molecule has 1 aromatic heterocycles. The summed E-state index contributed by atoms with van der Waals surface area (Å²) < 4.78 is 1.55. The minimum absolute atomic E-state index is 0.0521. The van der Waals surface area contributed by atoms with Crippen LogP contribution < -0.4 is 0 Å². The van der Waals surface area contributed by atoms with Gasteiger partial charge in [0, 0.05) is 18.2 Å². The molecular weight excluding hydrogens is 302 g/mol. The second kappa shape index (κ2) is 6.23. The highest BCUT2D eigenvalue weighted by molar-refractivity contribution is 5.95. The Morgan fingerprint density at radius 2 is 1.96 bits per heavy atom. The Kier molecular flexibility index (Phi) is 3.78. The fourth-order valence-electron chi connectivity index (χ4n) is 2.76. The standard InChI is InChI=1S/C18H17N5O/c24-18(15-7-4-8-17(11-15)23-13-19-20-21-23)22(16-9-10-16)12-14-5-2-1-3-6-14/h1-8,11,13,16H,9-10,12H2. The Morgan fingerprint density at radius 3 is 2.67 bits per heavy atom. The summed E-state index contributed by atoms with van der Waals surface area (Å²) in [5.41, 5.74) is 2.58. The fourth-order valence-corrected chi connectivity index (χ4v) is 2.76. The summed E-state index contributed by atoms with van der Waals surface area (Å²) in [5, 5.41) is 11.2. The predicted molar refractivity (Wildman–Crippen MR) is 88.5 cm³/mol. The molecule has 24 heavy (non-hydrogen) atoms. The number of benzene rings is 2.